The minimum absolute atomic E-state index is 0.338. The minimum Gasteiger partial charge on any atom is -0.496 e. The molecular formula is C13H18N2O3S. The normalized spacial score (nSPS) is 23.5. The number of likely N-dealkylation sites (tertiary alicyclic amines) is 1. The molecule has 0 saturated carbocycles. The molecule has 1 aliphatic rings. The van der Waals surface area contributed by atoms with Crippen molar-refractivity contribution in [3.8, 4) is 5.75 Å². The molecule has 5 nitrogen and oxygen atoms in total. The van der Waals surface area contributed by atoms with Crippen LogP contribution in [-0.4, -0.2) is 52.5 Å². The lowest BCUT2D eigenvalue weighted by Gasteiger charge is -2.17. The number of nitrogens with two attached hydrogens (primary N) is 1. The maximum absolute atomic E-state index is 9.55. The number of thiocarbonyl (C=S) groups is 1. The van der Waals surface area contributed by atoms with Crippen LogP contribution in [0, 0.1) is 0 Å². The van der Waals surface area contributed by atoms with E-state index < -0.39 is 12.2 Å². The Bertz CT molecular complexity index is 471. The number of methoxy groups -OCH3 is 1. The summed E-state index contributed by atoms with van der Waals surface area (Å²) in [5.74, 6) is 0.746. The van der Waals surface area contributed by atoms with Gasteiger partial charge in [-0.1, -0.05) is 12.2 Å². The average Bonchev–Trinajstić information content (AvgIpc) is 2.68. The lowest BCUT2D eigenvalue weighted by molar-refractivity contribution is 0.0572. The Labute approximate surface area is 117 Å². The highest BCUT2D eigenvalue weighted by Crippen LogP contribution is 2.23. The molecule has 6 heteroatoms. The van der Waals surface area contributed by atoms with Crippen LogP contribution >= 0.6 is 12.2 Å². The van der Waals surface area contributed by atoms with Crippen molar-refractivity contribution in [2.24, 2.45) is 5.73 Å². The first kappa shape index (κ1) is 14.2. The van der Waals surface area contributed by atoms with Gasteiger partial charge in [-0.25, -0.2) is 0 Å². The second-order valence-electron chi connectivity index (χ2n) is 4.72. The first-order chi connectivity index (χ1) is 9.01. The summed E-state index contributed by atoms with van der Waals surface area (Å²) in [5, 5.41) is 19.1. The molecule has 1 heterocycles. The molecular weight excluding hydrogens is 264 g/mol. The topological polar surface area (TPSA) is 79.0 Å². The van der Waals surface area contributed by atoms with Crippen LogP contribution in [0.3, 0.4) is 0 Å². The lowest BCUT2D eigenvalue weighted by atomic mass is 10.1. The van der Waals surface area contributed by atoms with Crippen LogP contribution in [0.2, 0.25) is 0 Å². The molecule has 0 aliphatic carbocycles. The number of hydrogen-bond donors (Lipinski definition) is 3. The Morgan fingerprint density at radius 1 is 1.42 bits per heavy atom. The van der Waals surface area contributed by atoms with E-state index in [9.17, 15) is 10.2 Å². The summed E-state index contributed by atoms with van der Waals surface area (Å²) in [6.07, 6.45) is -1.38. The molecule has 0 amide bonds. The monoisotopic (exact) mass is 282 g/mol. The molecule has 2 rings (SSSR count). The Morgan fingerprint density at radius 2 is 2.05 bits per heavy atom. The van der Waals surface area contributed by atoms with Gasteiger partial charge >= 0.3 is 0 Å². The first-order valence-corrected chi connectivity index (χ1v) is 6.47. The van der Waals surface area contributed by atoms with Gasteiger partial charge in [-0.15, -0.1) is 0 Å². The van der Waals surface area contributed by atoms with E-state index in [4.69, 9.17) is 22.7 Å². The fourth-order valence-corrected chi connectivity index (χ4v) is 2.40. The van der Waals surface area contributed by atoms with Crippen molar-refractivity contribution in [3.05, 3.63) is 29.3 Å². The predicted octanol–water partition coefficient (Wildman–Crippen LogP) is -0.133. The van der Waals surface area contributed by atoms with E-state index in [0.717, 1.165) is 16.9 Å². The Balaban J connectivity index is 2.18. The predicted molar refractivity (Wildman–Crippen MR) is 76.2 cm³/mol. The molecule has 2 unspecified atom stereocenters. The number of rotatable bonds is 4. The van der Waals surface area contributed by atoms with Crippen LogP contribution in [0.15, 0.2) is 18.2 Å². The number of β-amino-alcohol motifs (C(OH)–C–C–N with tert-alkyl or cyclic N) is 2. The van der Waals surface area contributed by atoms with Crippen molar-refractivity contribution >= 4 is 17.2 Å². The van der Waals surface area contributed by atoms with Crippen molar-refractivity contribution in [2.75, 3.05) is 20.2 Å². The maximum Gasteiger partial charge on any atom is 0.123 e. The highest BCUT2D eigenvalue weighted by atomic mass is 32.1. The fraction of sp³-hybridized carbons (Fsp3) is 0.462. The van der Waals surface area contributed by atoms with Gasteiger partial charge in [-0.05, 0) is 18.2 Å². The second kappa shape index (κ2) is 5.83. The highest BCUT2D eigenvalue weighted by molar-refractivity contribution is 7.80. The zero-order valence-corrected chi connectivity index (χ0v) is 11.6. The standard InChI is InChI=1S/C13H18N2O3S/c1-18-12-3-2-8(13(14)19)4-9(12)5-15-6-10(16)11(17)7-15/h2-4,10-11,16-17H,5-7H2,1H3,(H2,14,19). The van der Waals surface area contributed by atoms with Crippen molar-refractivity contribution < 1.29 is 14.9 Å². The molecule has 104 valence electrons. The van der Waals surface area contributed by atoms with Crippen LogP contribution < -0.4 is 10.5 Å². The van der Waals surface area contributed by atoms with E-state index >= 15 is 0 Å². The summed E-state index contributed by atoms with van der Waals surface area (Å²) in [6, 6.07) is 5.53. The molecule has 4 N–H and O–H groups in total. The van der Waals surface area contributed by atoms with Crippen LogP contribution in [0.5, 0.6) is 5.75 Å². The molecule has 1 aromatic carbocycles. The minimum atomic E-state index is -0.690. The van der Waals surface area contributed by atoms with Gasteiger partial charge in [0.2, 0.25) is 0 Å². The lowest BCUT2D eigenvalue weighted by Crippen LogP contribution is -2.22. The summed E-state index contributed by atoms with van der Waals surface area (Å²) >= 11 is 4.96. The van der Waals surface area contributed by atoms with E-state index in [-0.39, 0.29) is 0 Å². The quantitative estimate of drug-likeness (QED) is 0.668. The molecule has 1 saturated heterocycles. The first-order valence-electron chi connectivity index (χ1n) is 6.06. The molecule has 0 spiro atoms. The highest BCUT2D eigenvalue weighted by Gasteiger charge is 2.29. The molecule has 0 bridgehead atoms. The summed E-state index contributed by atoms with van der Waals surface area (Å²) in [7, 11) is 1.60. The van der Waals surface area contributed by atoms with Crippen molar-refractivity contribution in [1.82, 2.24) is 4.90 Å². The van der Waals surface area contributed by atoms with Gasteiger partial charge < -0.3 is 20.7 Å². The van der Waals surface area contributed by atoms with E-state index in [0.29, 0.717) is 24.6 Å². The zero-order valence-electron chi connectivity index (χ0n) is 10.7. The maximum atomic E-state index is 9.55. The summed E-state index contributed by atoms with van der Waals surface area (Å²) in [5.41, 5.74) is 7.35. The van der Waals surface area contributed by atoms with Crippen LogP contribution in [0.1, 0.15) is 11.1 Å². The third-order valence-electron chi connectivity index (χ3n) is 3.29. The third-order valence-corrected chi connectivity index (χ3v) is 3.53. The average molecular weight is 282 g/mol. The smallest absolute Gasteiger partial charge is 0.123 e. The van der Waals surface area contributed by atoms with Gasteiger partial charge in [0.15, 0.2) is 0 Å². The van der Waals surface area contributed by atoms with Crippen LogP contribution in [0.25, 0.3) is 0 Å². The van der Waals surface area contributed by atoms with E-state index in [1.54, 1.807) is 7.11 Å². The number of ether oxygens (including phenoxy) is 1. The van der Waals surface area contributed by atoms with Gasteiger partial charge in [0.1, 0.15) is 10.7 Å². The molecule has 2 atom stereocenters. The number of aliphatic hydroxyl groups is 2. The summed E-state index contributed by atoms with van der Waals surface area (Å²) in [4.78, 5) is 2.31. The van der Waals surface area contributed by atoms with E-state index in [1.165, 1.54) is 0 Å². The van der Waals surface area contributed by atoms with Crippen molar-refractivity contribution in [1.29, 1.82) is 0 Å². The molecule has 1 aliphatic heterocycles. The van der Waals surface area contributed by atoms with Crippen molar-refractivity contribution in [2.45, 2.75) is 18.8 Å². The fourth-order valence-electron chi connectivity index (χ4n) is 2.27. The summed E-state index contributed by atoms with van der Waals surface area (Å²) < 4.78 is 5.31. The number of aliphatic hydroxyl groups excluding tert-OH is 2. The number of nitrogens with zero attached hydrogens (tertiary/aromatic N) is 1. The van der Waals surface area contributed by atoms with Gasteiger partial charge in [0, 0.05) is 30.8 Å². The van der Waals surface area contributed by atoms with Crippen LogP contribution in [-0.2, 0) is 6.54 Å². The van der Waals surface area contributed by atoms with E-state index in [1.807, 2.05) is 23.1 Å². The van der Waals surface area contributed by atoms with Gasteiger partial charge in [0.25, 0.3) is 0 Å². The van der Waals surface area contributed by atoms with Gasteiger partial charge in [0.05, 0.1) is 19.3 Å². The molecule has 0 radical (unpaired) electrons. The Kier molecular flexibility index (Phi) is 4.36. The van der Waals surface area contributed by atoms with Crippen LogP contribution in [0.4, 0.5) is 0 Å². The second-order valence-corrected chi connectivity index (χ2v) is 5.16. The molecule has 0 aromatic heterocycles. The molecule has 1 fully saturated rings. The largest absolute Gasteiger partial charge is 0.496 e. The Hall–Kier alpha value is -1.21. The van der Waals surface area contributed by atoms with E-state index in [2.05, 4.69) is 0 Å². The Morgan fingerprint density at radius 3 is 2.58 bits per heavy atom. The third kappa shape index (κ3) is 3.22. The molecule has 19 heavy (non-hydrogen) atoms. The summed E-state index contributed by atoms with van der Waals surface area (Å²) in [6.45, 7) is 1.47. The SMILES string of the molecule is COc1ccc(C(N)=S)cc1CN1CC(O)C(O)C1. The zero-order chi connectivity index (χ0) is 14.0. The number of hydrogen-bond acceptors (Lipinski definition) is 5. The van der Waals surface area contributed by atoms with Gasteiger partial charge in [-0.2, -0.15) is 0 Å². The number of benzene rings is 1. The van der Waals surface area contributed by atoms with Gasteiger partial charge in [-0.3, -0.25) is 4.90 Å². The van der Waals surface area contributed by atoms with Crippen molar-refractivity contribution in [3.63, 3.8) is 0 Å². The molecule has 1 aromatic rings.